The maximum Gasteiger partial charge on any atom is 0.341 e. The summed E-state index contributed by atoms with van der Waals surface area (Å²) in [5.41, 5.74) is 4.96. The van der Waals surface area contributed by atoms with E-state index < -0.39 is 23.0 Å². The molecule has 1 heterocycles. The lowest BCUT2D eigenvalue weighted by atomic mass is 9.95. The van der Waals surface area contributed by atoms with Crippen LogP contribution in [0.5, 0.6) is 0 Å². The van der Waals surface area contributed by atoms with Gasteiger partial charge in [-0.15, -0.1) is 23.1 Å². The molecule has 5 aromatic rings. The lowest BCUT2D eigenvalue weighted by molar-refractivity contribution is -0.116. The van der Waals surface area contributed by atoms with Crippen molar-refractivity contribution < 1.29 is 23.9 Å². The fourth-order valence-corrected chi connectivity index (χ4v) is 8.34. The molecule has 10 heteroatoms. The van der Waals surface area contributed by atoms with Crippen LogP contribution in [0.1, 0.15) is 72.9 Å². The highest BCUT2D eigenvalue weighted by molar-refractivity contribution is 8.00. The van der Waals surface area contributed by atoms with E-state index in [-0.39, 0.29) is 18.2 Å². The SMILES string of the molecule is CCOC(=O)c1c(NC(=O)C(Sc2cccc(NC(=O)/C(=C/c3ccccc3C)NC(=O)c3ccccc3)c2)c2ccccc2)sc2c1CCCC2. The number of nitrogens with one attached hydrogen (secondary N) is 3. The fraction of sp³-hybridized carbons (Fsp3) is 0.190. The molecule has 8 nitrogen and oxygen atoms in total. The van der Waals surface area contributed by atoms with Crippen LogP contribution in [-0.2, 0) is 27.2 Å². The summed E-state index contributed by atoms with van der Waals surface area (Å²) in [5.74, 6) is -1.60. The molecule has 0 bridgehead atoms. The number of fused-ring (bicyclic) bond motifs is 1. The molecule has 3 N–H and O–H groups in total. The zero-order valence-corrected chi connectivity index (χ0v) is 30.6. The minimum Gasteiger partial charge on any atom is -0.462 e. The number of hydrogen-bond donors (Lipinski definition) is 3. The minimum absolute atomic E-state index is 0.0822. The number of hydrogen-bond acceptors (Lipinski definition) is 7. The van der Waals surface area contributed by atoms with Crippen LogP contribution < -0.4 is 16.0 Å². The second-order valence-electron chi connectivity index (χ2n) is 12.3. The van der Waals surface area contributed by atoms with E-state index in [2.05, 4.69) is 16.0 Å². The summed E-state index contributed by atoms with van der Waals surface area (Å²) in [6.07, 6.45) is 5.34. The predicted octanol–water partition coefficient (Wildman–Crippen LogP) is 8.99. The third-order valence-corrected chi connectivity index (χ3v) is 11.0. The van der Waals surface area contributed by atoms with Gasteiger partial charge in [0, 0.05) is 21.0 Å². The van der Waals surface area contributed by atoms with Gasteiger partial charge in [-0.05, 0) is 98.2 Å². The Labute approximate surface area is 311 Å². The molecule has 0 aliphatic heterocycles. The summed E-state index contributed by atoms with van der Waals surface area (Å²) in [6.45, 7) is 3.95. The number of thioether (sulfide) groups is 1. The second kappa shape index (κ2) is 17.2. The van der Waals surface area contributed by atoms with Gasteiger partial charge in [0.15, 0.2) is 0 Å². The van der Waals surface area contributed by atoms with Crippen molar-refractivity contribution in [2.45, 2.75) is 49.7 Å². The number of rotatable bonds is 12. The molecule has 264 valence electrons. The van der Waals surface area contributed by atoms with Crippen LogP contribution in [-0.4, -0.2) is 30.3 Å². The molecule has 1 aromatic heterocycles. The number of benzene rings is 4. The van der Waals surface area contributed by atoms with Gasteiger partial charge in [-0.1, -0.05) is 78.9 Å². The molecule has 0 radical (unpaired) electrons. The molecule has 1 atom stereocenters. The van der Waals surface area contributed by atoms with Gasteiger partial charge in [-0.25, -0.2) is 4.79 Å². The molecule has 52 heavy (non-hydrogen) atoms. The summed E-state index contributed by atoms with van der Waals surface area (Å²) in [6, 6.07) is 33.0. The third kappa shape index (κ3) is 8.88. The Morgan fingerprint density at radius 3 is 2.31 bits per heavy atom. The molecule has 4 aromatic carbocycles. The van der Waals surface area contributed by atoms with Gasteiger partial charge >= 0.3 is 5.97 Å². The van der Waals surface area contributed by atoms with Gasteiger partial charge in [0.1, 0.15) is 15.9 Å². The van der Waals surface area contributed by atoms with Crippen molar-refractivity contribution in [3.8, 4) is 0 Å². The van der Waals surface area contributed by atoms with Gasteiger partial charge in [-0.2, -0.15) is 0 Å². The van der Waals surface area contributed by atoms with Crippen molar-refractivity contribution in [2.24, 2.45) is 0 Å². The first-order chi connectivity index (χ1) is 25.3. The molecule has 0 saturated heterocycles. The van der Waals surface area contributed by atoms with Crippen molar-refractivity contribution in [3.63, 3.8) is 0 Å². The molecular formula is C42H39N3O5S2. The van der Waals surface area contributed by atoms with Crippen LogP contribution in [0.3, 0.4) is 0 Å². The number of ether oxygens (including phenoxy) is 1. The van der Waals surface area contributed by atoms with E-state index in [1.165, 1.54) is 23.1 Å². The van der Waals surface area contributed by atoms with E-state index >= 15 is 0 Å². The Bertz CT molecular complexity index is 2110. The van der Waals surface area contributed by atoms with Crippen molar-refractivity contribution in [1.82, 2.24) is 5.32 Å². The first-order valence-electron chi connectivity index (χ1n) is 17.2. The highest BCUT2D eigenvalue weighted by atomic mass is 32.2. The number of anilines is 2. The van der Waals surface area contributed by atoms with E-state index in [4.69, 9.17) is 4.74 Å². The molecular weight excluding hydrogens is 691 g/mol. The number of esters is 1. The highest BCUT2D eigenvalue weighted by Gasteiger charge is 2.30. The largest absolute Gasteiger partial charge is 0.462 e. The van der Waals surface area contributed by atoms with Crippen molar-refractivity contribution >= 4 is 63.6 Å². The Morgan fingerprint density at radius 1 is 0.846 bits per heavy atom. The van der Waals surface area contributed by atoms with Crippen molar-refractivity contribution in [2.75, 3.05) is 17.2 Å². The van der Waals surface area contributed by atoms with E-state index in [1.54, 1.807) is 55.5 Å². The Hall–Kier alpha value is -5.45. The zero-order valence-electron chi connectivity index (χ0n) is 28.9. The summed E-state index contributed by atoms with van der Waals surface area (Å²) < 4.78 is 5.41. The van der Waals surface area contributed by atoms with Crippen LogP contribution >= 0.6 is 23.1 Å². The van der Waals surface area contributed by atoms with Crippen LogP contribution in [0.4, 0.5) is 10.7 Å². The van der Waals surface area contributed by atoms with E-state index in [0.717, 1.165) is 57.7 Å². The maximum absolute atomic E-state index is 14.1. The summed E-state index contributed by atoms with van der Waals surface area (Å²) >= 11 is 2.79. The molecule has 1 unspecified atom stereocenters. The van der Waals surface area contributed by atoms with E-state index in [9.17, 15) is 19.2 Å². The average molecular weight is 730 g/mol. The van der Waals surface area contributed by atoms with Crippen molar-refractivity contribution in [3.05, 3.63) is 153 Å². The molecule has 0 fully saturated rings. The fourth-order valence-electron chi connectivity index (χ4n) is 5.98. The van der Waals surface area contributed by atoms with Gasteiger partial charge < -0.3 is 20.7 Å². The molecule has 3 amide bonds. The molecule has 0 spiro atoms. The molecule has 6 rings (SSSR count). The number of carbonyl (C=O) groups excluding carboxylic acids is 4. The molecule has 1 aliphatic rings. The first-order valence-corrected chi connectivity index (χ1v) is 18.9. The van der Waals surface area contributed by atoms with Crippen LogP contribution in [0.15, 0.2) is 120 Å². The lowest BCUT2D eigenvalue weighted by Gasteiger charge is -2.18. The third-order valence-electron chi connectivity index (χ3n) is 8.59. The average Bonchev–Trinajstić information content (AvgIpc) is 3.53. The zero-order chi connectivity index (χ0) is 36.5. The van der Waals surface area contributed by atoms with Crippen LogP contribution in [0.2, 0.25) is 0 Å². The Morgan fingerprint density at radius 2 is 1.56 bits per heavy atom. The topological polar surface area (TPSA) is 114 Å². The number of amides is 3. The quantitative estimate of drug-likeness (QED) is 0.0672. The van der Waals surface area contributed by atoms with Gasteiger partial charge in [0.05, 0.1) is 12.2 Å². The Balaban J connectivity index is 1.25. The Kier molecular flexibility index (Phi) is 12.0. The molecule has 0 saturated carbocycles. The second-order valence-corrected chi connectivity index (χ2v) is 14.5. The van der Waals surface area contributed by atoms with Gasteiger partial charge in [-0.3, -0.25) is 14.4 Å². The van der Waals surface area contributed by atoms with Crippen molar-refractivity contribution in [1.29, 1.82) is 0 Å². The number of aryl methyl sites for hydroxylation is 2. The minimum atomic E-state index is -0.678. The number of carbonyl (C=O) groups is 4. The van der Waals surface area contributed by atoms with Gasteiger partial charge in [0.25, 0.3) is 11.8 Å². The lowest BCUT2D eigenvalue weighted by Crippen LogP contribution is -2.30. The summed E-state index contributed by atoms with van der Waals surface area (Å²) in [7, 11) is 0. The summed E-state index contributed by atoms with van der Waals surface area (Å²) in [4.78, 5) is 56.0. The van der Waals surface area contributed by atoms with Crippen LogP contribution in [0, 0.1) is 6.92 Å². The van der Waals surface area contributed by atoms with Crippen LogP contribution in [0.25, 0.3) is 6.08 Å². The number of thiophene rings is 1. The van der Waals surface area contributed by atoms with E-state index in [0.29, 0.717) is 21.8 Å². The first kappa shape index (κ1) is 36.3. The predicted molar refractivity (Wildman–Crippen MR) is 209 cm³/mol. The standard InChI is InChI=1S/C42H39N3O5S2/c1-3-50-42(49)36-33-23-12-13-24-35(33)52-41(36)45-40(48)37(28-16-6-4-7-17-28)51-32-22-14-21-31(26-32)43-39(47)34(25-30-20-11-10-15-27(30)2)44-38(46)29-18-8-5-9-19-29/h4-11,14-22,25-26,37H,3,12-13,23-24H2,1-2H3,(H,43,47)(H,44,46)(H,45,48)/b34-25-. The highest BCUT2D eigenvalue weighted by Crippen LogP contribution is 2.41. The maximum atomic E-state index is 14.1. The van der Waals surface area contributed by atoms with E-state index in [1.807, 2.05) is 73.7 Å². The summed E-state index contributed by atoms with van der Waals surface area (Å²) in [5, 5.41) is 8.66. The van der Waals surface area contributed by atoms with Gasteiger partial charge in [0.2, 0.25) is 5.91 Å². The monoisotopic (exact) mass is 729 g/mol. The normalized spacial score (nSPS) is 13.0. The molecule has 1 aliphatic carbocycles. The smallest absolute Gasteiger partial charge is 0.341 e.